The van der Waals surface area contributed by atoms with Gasteiger partial charge in [0.2, 0.25) is 0 Å². The first-order chi connectivity index (χ1) is 9.61. The minimum Gasteiger partial charge on any atom is -0.257 e. The summed E-state index contributed by atoms with van der Waals surface area (Å²) < 4.78 is 2.07. The molecule has 0 N–H and O–H groups in total. The van der Waals surface area contributed by atoms with Crippen molar-refractivity contribution >= 4 is 38.0 Å². The predicted octanol–water partition coefficient (Wildman–Crippen LogP) is 5.40. The van der Waals surface area contributed by atoms with E-state index in [1.807, 2.05) is 33.9 Å². The number of aryl methyl sites for hydroxylation is 4. The standard InChI is InChI=1S/C6H7BrN2.C6H7N2.3CH4.3CH3.Sn/c1-4-5(2)9-6(7)3-8-4;1-5-6(2)8-4-3-7-5;;;;;;;/h3H,1-2H3;3H,1-2H3;3*1H4;3*1H3;. The van der Waals surface area contributed by atoms with Gasteiger partial charge in [0.25, 0.3) is 0 Å². The van der Waals surface area contributed by atoms with E-state index in [-0.39, 0.29) is 22.3 Å². The smallest absolute Gasteiger partial charge is 0.124 e. The van der Waals surface area contributed by atoms with Gasteiger partial charge in [0.15, 0.2) is 0 Å². The van der Waals surface area contributed by atoms with Gasteiger partial charge in [-0.3, -0.25) is 4.98 Å². The van der Waals surface area contributed by atoms with Crippen molar-refractivity contribution < 1.29 is 0 Å². The molecule has 0 bridgehead atoms. The summed E-state index contributed by atoms with van der Waals surface area (Å²) in [7, 11) is 0. The Kier molecular flexibility index (Phi) is 14.0. The molecule has 0 unspecified atom stereocenters. The third-order valence-corrected chi connectivity index (χ3v) is 8.58. The molecule has 2 heterocycles. The van der Waals surface area contributed by atoms with E-state index in [1.165, 1.54) is 3.71 Å². The quantitative estimate of drug-likeness (QED) is 0.487. The first kappa shape index (κ1) is 28.3. The van der Waals surface area contributed by atoms with E-state index in [9.17, 15) is 0 Å². The van der Waals surface area contributed by atoms with Crippen LogP contribution >= 0.6 is 15.9 Å². The monoisotopic (exact) mass is 506 g/mol. The number of hydrogen-bond acceptors (Lipinski definition) is 4. The van der Waals surface area contributed by atoms with Crippen LogP contribution in [0, 0.1) is 27.7 Å². The summed E-state index contributed by atoms with van der Waals surface area (Å²) in [6.07, 6.45) is 3.65. The van der Waals surface area contributed by atoms with Crippen LogP contribution < -0.4 is 3.71 Å². The van der Waals surface area contributed by atoms with Gasteiger partial charge in [0.05, 0.1) is 17.6 Å². The van der Waals surface area contributed by atoms with E-state index in [2.05, 4.69) is 50.7 Å². The minimum absolute atomic E-state index is 0. The number of halogens is 1. The molecular formula is C18H35BrN4Sn. The van der Waals surface area contributed by atoms with Crippen LogP contribution in [0.2, 0.25) is 14.8 Å². The fraction of sp³-hybridized carbons (Fsp3) is 0.556. The summed E-state index contributed by atoms with van der Waals surface area (Å²) in [5, 5.41) is 0. The first-order valence-electron chi connectivity index (χ1n) is 6.87. The molecule has 0 aliphatic rings. The molecule has 0 spiro atoms. The average Bonchev–Trinajstić information content (AvgIpc) is 2.37. The van der Waals surface area contributed by atoms with Gasteiger partial charge >= 0.3 is 78.3 Å². The van der Waals surface area contributed by atoms with Crippen LogP contribution in [0.3, 0.4) is 0 Å². The fourth-order valence-electron chi connectivity index (χ4n) is 1.42. The zero-order valence-corrected chi connectivity index (χ0v) is 18.3. The Hall–Kier alpha value is -0.561. The van der Waals surface area contributed by atoms with Crippen molar-refractivity contribution in [3.8, 4) is 0 Å². The molecule has 0 fully saturated rings. The molecule has 24 heavy (non-hydrogen) atoms. The number of aromatic nitrogens is 4. The molecule has 0 amide bonds. The molecule has 2 aromatic heterocycles. The molecule has 138 valence electrons. The zero-order chi connectivity index (χ0) is 16.2. The normalized spacial score (nSPS) is 9.50. The maximum Gasteiger partial charge on any atom is 0.124 e. The molecule has 0 saturated heterocycles. The molecule has 4 nitrogen and oxygen atoms in total. The van der Waals surface area contributed by atoms with E-state index >= 15 is 0 Å². The molecule has 0 aliphatic carbocycles. The van der Waals surface area contributed by atoms with E-state index in [1.54, 1.807) is 6.20 Å². The van der Waals surface area contributed by atoms with E-state index in [4.69, 9.17) is 0 Å². The van der Waals surface area contributed by atoms with Gasteiger partial charge in [0.1, 0.15) is 4.60 Å². The molecule has 0 aromatic carbocycles. The van der Waals surface area contributed by atoms with Crippen molar-refractivity contribution in [2.45, 2.75) is 64.8 Å². The van der Waals surface area contributed by atoms with Crippen LogP contribution in [0.5, 0.6) is 0 Å². The van der Waals surface area contributed by atoms with Crippen molar-refractivity contribution in [3.05, 3.63) is 39.8 Å². The Morgan fingerprint density at radius 2 is 1.12 bits per heavy atom. The Morgan fingerprint density at radius 3 is 1.46 bits per heavy atom. The second kappa shape index (κ2) is 11.9. The Labute approximate surface area is 162 Å². The van der Waals surface area contributed by atoms with Gasteiger partial charge in [-0.2, -0.15) is 0 Å². The van der Waals surface area contributed by atoms with Gasteiger partial charge in [-0.25, -0.2) is 4.98 Å². The molecule has 0 radical (unpaired) electrons. The Bertz CT molecular complexity index is 625. The fourth-order valence-corrected chi connectivity index (χ4v) is 4.51. The molecule has 2 aromatic rings. The van der Waals surface area contributed by atoms with E-state index in [0.717, 1.165) is 27.4 Å². The van der Waals surface area contributed by atoms with Gasteiger partial charge in [0, 0.05) is 0 Å². The summed E-state index contributed by atoms with van der Waals surface area (Å²) in [6, 6.07) is 0. The first-order valence-corrected chi connectivity index (χ1v) is 17.7. The van der Waals surface area contributed by atoms with Crippen LogP contribution in [-0.4, -0.2) is 38.3 Å². The van der Waals surface area contributed by atoms with Gasteiger partial charge in [-0.15, -0.1) is 0 Å². The molecular weight excluding hydrogens is 471 g/mol. The second-order valence-electron chi connectivity index (χ2n) is 6.04. The SMILES string of the molecule is C.C.C.Cc1nc[c]([Sn]([CH3])([CH3])[CH3])nc1C.Cc1ncc(Br)nc1C. The van der Waals surface area contributed by atoms with Gasteiger partial charge in [-0.1, -0.05) is 22.3 Å². The van der Waals surface area contributed by atoms with Gasteiger partial charge < -0.3 is 0 Å². The third kappa shape index (κ3) is 9.06. The zero-order valence-electron chi connectivity index (χ0n) is 13.8. The van der Waals surface area contributed by atoms with Crippen molar-refractivity contribution in [2.75, 3.05) is 0 Å². The van der Waals surface area contributed by atoms with Crippen LogP contribution in [-0.2, 0) is 0 Å². The Balaban J connectivity index is -0.000000336. The maximum absolute atomic E-state index is 4.57. The van der Waals surface area contributed by atoms with Crippen LogP contribution in [0.1, 0.15) is 45.1 Å². The number of rotatable bonds is 1. The van der Waals surface area contributed by atoms with Crippen molar-refractivity contribution in [1.29, 1.82) is 0 Å². The van der Waals surface area contributed by atoms with E-state index in [0.29, 0.717) is 0 Å². The van der Waals surface area contributed by atoms with Crippen LogP contribution in [0.15, 0.2) is 17.0 Å². The van der Waals surface area contributed by atoms with Crippen molar-refractivity contribution in [2.24, 2.45) is 0 Å². The van der Waals surface area contributed by atoms with E-state index < -0.39 is 18.4 Å². The summed E-state index contributed by atoms with van der Waals surface area (Å²) in [5.41, 5.74) is 4.09. The summed E-state index contributed by atoms with van der Waals surface area (Å²) in [4.78, 5) is 24.2. The van der Waals surface area contributed by atoms with Crippen LogP contribution in [0.25, 0.3) is 0 Å². The summed E-state index contributed by atoms with van der Waals surface area (Å²) in [5.74, 6) is 0. The van der Waals surface area contributed by atoms with Crippen LogP contribution in [0.4, 0.5) is 0 Å². The Morgan fingerprint density at radius 1 is 0.708 bits per heavy atom. The molecule has 6 heteroatoms. The predicted molar refractivity (Wildman–Crippen MR) is 114 cm³/mol. The maximum atomic E-state index is 4.57. The number of hydrogen-bond donors (Lipinski definition) is 0. The summed E-state index contributed by atoms with van der Waals surface area (Å²) >= 11 is 1.26. The average molecular weight is 506 g/mol. The largest absolute Gasteiger partial charge is 0.257 e. The third-order valence-electron chi connectivity index (χ3n) is 3.12. The molecule has 0 saturated carbocycles. The van der Waals surface area contributed by atoms with Gasteiger partial charge in [-0.05, 0) is 29.8 Å². The van der Waals surface area contributed by atoms with Crippen molar-refractivity contribution in [1.82, 2.24) is 19.9 Å². The topological polar surface area (TPSA) is 51.6 Å². The molecule has 2 rings (SSSR count). The second-order valence-corrected chi connectivity index (χ2v) is 21.2. The number of nitrogens with zero attached hydrogens (tertiary/aromatic N) is 4. The van der Waals surface area contributed by atoms with Crippen molar-refractivity contribution in [3.63, 3.8) is 0 Å². The summed E-state index contributed by atoms with van der Waals surface area (Å²) in [6.45, 7) is 7.91. The molecule has 0 atom stereocenters. The molecule has 0 aliphatic heterocycles. The minimum atomic E-state index is -1.96.